The van der Waals surface area contributed by atoms with Gasteiger partial charge in [0.1, 0.15) is 36.3 Å². The van der Waals surface area contributed by atoms with Crippen LogP contribution >= 0.6 is 35.2 Å². The molecule has 58 heavy (non-hydrogen) atoms. The maximum absolute atomic E-state index is 12.5. The summed E-state index contributed by atoms with van der Waals surface area (Å²) in [6.07, 6.45) is -4.07. The summed E-state index contributed by atoms with van der Waals surface area (Å²) < 4.78 is 60.4. The molecule has 2 aromatic heterocycles. The summed E-state index contributed by atoms with van der Waals surface area (Å²) >= 11 is 0.920. The smallest absolute Gasteiger partial charge is 0.303 e. The normalized spacial score (nSPS) is 21.4. The average molecular weight is 904 g/mol. The number of rotatable bonds is 24. The molecule has 1 saturated heterocycles. The van der Waals surface area contributed by atoms with Crippen molar-refractivity contribution in [3.8, 4) is 0 Å². The van der Waals surface area contributed by atoms with Crippen molar-refractivity contribution < 1.29 is 90.4 Å². The van der Waals surface area contributed by atoms with Gasteiger partial charge < -0.3 is 74.1 Å². The van der Waals surface area contributed by atoms with Crippen LogP contribution in [0.4, 0.5) is 5.82 Å². The van der Waals surface area contributed by atoms with Crippen LogP contribution in [0.2, 0.25) is 0 Å². The van der Waals surface area contributed by atoms with Gasteiger partial charge in [-0.15, -0.1) is 0 Å². The SMILES string of the molecule is CC(C)(COP(=O)([O-])OP(=O)([O-])OCC1OC(n2cnc3c(N)ncnc32)C(O)C1OP(=O)([O-])[O-])C(O)C(=O)NCCC(=O)NCCSC(=O)/C=C/CCCC(=O)O. The number of aliphatic hydroxyl groups is 2. The Morgan fingerprint density at radius 3 is 2.43 bits per heavy atom. The summed E-state index contributed by atoms with van der Waals surface area (Å²) in [6.45, 7) is -0.107. The number of nitrogen functional groups attached to an aromatic ring is 1. The van der Waals surface area contributed by atoms with Crippen LogP contribution in [0.15, 0.2) is 24.8 Å². The first-order chi connectivity index (χ1) is 26.9. The number of carbonyl (C=O) groups is 4. The number of aliphatic carboxylic acids is 1. The molecule has 2 aromatic rings. The highest BCUT2D eigenvalue weighted by Gasteiger charge is 2.47. The number of aliphatic hydroxyl groups excluding tert-OH is 2. The van der Waals surface area contributed by atoms with Crippen LogP contribution in [0, 0.1) is 5.41 Å². The lowest BCUT2D eigenvalue weighted by molar-refractivity contribution is -0.347. The van der Waals surface area contributed by atoms with E-state index in [2.05, 4.69) is 43.5 Å². The number of aromatic nitrogens is 4. The van der Waals surface area contributed by atoms with E-state index in [0.717, 1.165) is 29.0 Å². The van der Waals surface area contributed by atoms with Crippen molar-refractivity contribution in [2.75, 3.05) is 37.8 Å². The maximum atomic E-state index is 12.5. The number of allylic oxidation sites excluding steroid dienone is 1. The molecule has 1 aliphatic heterocycles. The molecular weight excluding hydrogens is 863 g/mol. The number of amides is 2. The van der Waals surface area contributed by atoms with Gasteiger partial charge in [-0.2, -0.15) is 0 Å². The Kier molecular flexibility index (Phi) is 18.1. The molecule has 0 saturated carbocycles. The lowest BCUT2D eigenvalue weighted by Crippen LogP contribution is -2.46. The number of carbonyl (C=O) groups excluding carboxylic acids is 3. The Labute approximate surface area is 333 Å². The molecule has 0 aliphatic carbocycles. The quantitative estimate of drug-likeness (QED) is 0.0346. The molecule has 26 nitrogen and oxygen atoms in total. The highest BCUT2D eigenvalue weighted by molar-refractivity contribution is 8.14. The standard InChI is InChI=1S/C28H44N7O19P3S/c1-28(2,23(41)26(42)31-9-8-17(36)30-10-11-58-19(39)7-5-3-4-6-18(37)38)13-51-57(48,49)54-56(46,47)50-12-16-22(53-55(43,44)45)21(40)27(52-16)35-15-34-20-24(29)32-14-33-25(20)35/h5,7,14-16,21-23,27,40-41H,3-4,6,8-13H2,1-2H3,(H,30,36)(H,31,42)(H,37,38)(H,46,47)(H,48,49)(H2,29,32,33)(H2,43,44,45)/p-4/b7-5+. The number of anilines is 1. The minimum atomic E-state index is -5.93. The fraction of sp³-hybridized carbons (Fsp3) is 0.607. The van der Waals surface area contributed by atoms with E-state index >= 15 is 0 Å². The number of hydrogen-bond acceptors (Lipinski definition) is 23. The second-order valence-corrected chi connectivity index (χ2v) is 18.0. The molecule has 0 radical (unpaired) electrons. The van der Waals surface area contributed by atoms with E-state index < -0.39 is 90.5 Å². The summed E-state index contributed by atoms with van der Waals surface area (Å²) in [5.41, 5.74) is 4.02. The Hall–Kier alpha value is -3.23. The van der Waals surface area contributed by atoms with Crippen molar-refractivity contribution in [1.82, 2.24) is 30.2 Å². The number of nitrogens with one attached hydrogen (secondary N) is 2. The molecule has 0 aromatic carbocycles. The fourth-order valence-corrected chi connectivity index (χ4v) is 8.19. The van der Waals surface area contributed by atoms with E-state index in [1.54, 1.807) is 6.08 Å². The van der Waals surface area contributed by atoms with Crippen LogP contribution in [0.25, 0.3) is 11.2 Å². The van der Waals surface area contributed by atoms with Crippen molar-refractivity contribution in [3.63, 3.8) is 0 Å². The Morgan fingerprint density at radius 2 is 1.76 bits per heavy atom. The molecule has 0 spiro atoms. The third-order valence-electron chi connectivity index (χ3n) is 7.74. The van der Waals surface area contributed by atoms with Crippen LogP contribution < -0.4 is 35.9 Å². The summed E-state index contributed by atoms with van der Waals surface area (Å²) in [4.78, 5) is 106. The molecule has 1 fully saturated rings. The molecule has 2 amide bonds. The molecule has 0 bridgehead atoms. The number of nitrogens with two attached hydrogens (primary N) is 1. The van der Waals surface area contributed by atoms with Gasteiger partial charge in [0.05, 0.1) is 27.4 Å². The summed E-state index contributed by atoms with van der Waals surface area (Å²) in [5, 5.41) is 34.4. The zero-order valence-electron chi connectivity index (χ0n) is 30.5. The summed E-state index contributed by atoms with van der Waals surface area (Å²) in [6, 6.07) is 0. The Balaban J connectivity index is 1.45. The number of unbranched alkanes of at least 4 members (excludes halogenated alkanes) is 1. The van der Waals surface area contributed by atoms with Gasteiger partial charge in [0.2, 0.25) is 16.9 Å². The van der Waals surface area contributed by atoms with E-state index in [-0.39, 0.29) is 53.8 Å². The zero-order valence-corrected chi connectivity index (χ0v) is 34.0. The fourth-order valence-electron chi connectivity index (χ4n) is 4.86. The van der Waals surface area contributed by atoms with E-state index in [1.807, 2.05) is 0 Å². The number of nitrogens with zero attached hydrogens (tertiary/aromatic N) is 4. The number of imidazole rings is 1. The minimum Gasteiger partial charge on any atom is -0.790 e. The second kappa shape index (κ2) is 21.3. The first-order valence-electron chi connectivity index (χ1n) is 16.8. The van der Waals surface area contributed by atoms with Crippen molar-refractivity contribution in [2.24, 2.45) is 5.41 Å². The molecule has 30 heteroatoms. The van der Waals surface area contributed by atoms with Gasteiger partial charge in [-0.1, -0.05) is 31.7 Å². The maximum Gasteiger partial charge on any atom is 0.303 e. The highest BCUT2D eigenvalue weighted by atomic mass is 32.2. The van der Waals surface area contributed by atoms with Gasteiger partial charge in [0.15, 0.2) is 17.7 Å². The first-order valence-corrected chi connectivity index (χ1v) is 22.1. The van der Waals surface area contributed by atoms with Crippen LogP contribution in [-0.4, -0.2) is 114 Å². The lowest BCUT2D eigenvalue weighted by atomic mass is 9.87. The molecule has 1 aliphatic rings. The predicted octanol–water partition coefficient (Wildman–Crippen LogP) is -3.05. The molecule has 7 N–H and O–H groups in total. The number of phosphoric acid groups is 3. The zero-order chi connectivity index (χ0) is 43.5. The number of phosphoric ester groups is 3. The monoisotopic (exact) mass is 903 g/mol. The molecule has 3 rings (SSSR count). The van der Waals surface area contributed by atoms with Gasteiger partial charge in [-0.05, 0) is 18.9 Å². The second-order valence-electron chi connectivity index (χ2n) is 12.8. The van der Waals surface area contributed by atoms with Gasteiger partial charge >= 0.3 is 5.97 Å². The van der Waals surface area contributed by atoms with Gasteiger partial charge in [0.25, 0.3) is 15.6 Å². The highest BCUT2D eigenvalue weighted by Crippen LogP contribution is 2.56. The van der Waals surface area contributed by atoms with Crippen molar-refractivity contribution in [1.29, 1.82) is 0 Å². The van der Waals surface area contributed by atoms with Crippen molar-refractivity contribution in [2.45, 2.75) is 70.2 Å². The number of hydrogen-bond donors (Lipinski definition) is 6. The van der Waals surface area contributed by atoms with E-state index in [0.29, 0.717) is 12.8 Å². The molecule has 326 valence electrons. The summed E-state index contributed by atoms with van der Waals surface area (Å²) in [7, 11) is -17.6. The van der Waals surface area contributed by atoms with Gasteiger partial charge in [-0.3, -0.25) is 32.9 Å². The Bertz CT molecular complexity index is 1950. The third kappa shape index (κ3) is 15.7. The predicted molar refractivity (Wildman–Crippen MR) is 189 cm³/mol. The molecule has 7 unspecified atom stereocenters. The van der Waals surface area contributed by atoms with E-state index in [9.17, 15) is 62.7 Å². The molecule has 7 atom stereocenters. The average Bonchev–Trinajstić information content (AvgIpc) is 3.67. The molecule has 3 heterocycles. The minimum absolute atomic E-state index is 0.0169. The third-order valence-corrected chi connectivity index (χ3v) is 11.6. The molecular formula is C28H40N7O19P3S-4. The first kappa shape index (κ1) is 49.1. The largest absolute Gasteiger partial charge is 0.790 e. The topological polar surface area (TPSA) is 412 Å². The summed E-state index contributed by atoms with van der Waals surface area (Å²) in [5.74, 6) is -2.35. The van der Waals surface area contributed by atoms with Crippen molar-refractivity contribution in [3.05, 3.63) is 24.8 Å². The van der Waals surface area contributed by atoms with Crippen LogP contribution in [0.3, 0.4) is 0 Å². The number of ether oxygens (including phenoxy) is 1. The van der Waals surface area contributed by atoms with Gasteiger partial charge in [0, 0.05) is 37.1 Å². The van der Waals surface area contributed by atoms with Crippen LogP contribution in [-0.2, 0) is 55.5 Å². The van der Waals surface area contributed by atoms with E-state index in [1.165, 1.54) is 19.9 Å². The number of thioether (sulfide) groups is 1. The number of carboxylic acid groups (broad SMARTS) is 1. The van der Waals surface area contributed by atoms with Crippen molar-refractivity contribution >= 4 is 75.1 Å². The lowest BCUT2D eigenvalue weighted by Gasteiger charge is -2.36. The number of carboxylic acids is 1. The van der Waals surface area contributed by atoms with Crippen LogP contribution in [0.5, 0.6) is 0 Å². The van der Waals surface area contributed by atoms with E-state index in [4.69, 9.17) is 15.6 Å². The van der Waals surface area contributed by atoms with Gasteiger partial charge in [-0.25, -0.2) is 19.3 Å². The Morgan fingerprint density at radius 1 is 1.07 bits per heavy atom. The van der Waals surface area contributed by atoms with Crippen LogP contribution in [0.1, 0.15) is 45.8 Å². The number of fused-ring (bicyclic) bond motifs is 1.